The van der Waals surface area contributed by atoms with Gasteiger partial charge in [-0.2, -0.15) is 4.31 Å². The fourth-order valence-corrected chi connectivity index (χ4v) is 4.95. The molecule has 0 saturated carbocycles. The maximum absolute atomic E-state index is 12.8. The van der Waals surface area contributed by atoms with Gasteiger partial charge in [0.15, 0.2) is 5.03 Å². The minimum atomic E-state index is -3.68. The molecule has 33 heavy (non-hydrogen) atoms. The highest BCUT2D eigenvalue weighted by molar-refractivity contribution is 7.89. The fourth-order valence-electron chi connectivity index (χ4n) is 3.46. The van der Waals surface area contributed by atoms with E-state index < -0.39 is 16.1 Å². The van der Waals surface area contributed by atoms with Gasteiger partial charge in [0.05, 0.1) is 6.61 Å². The zero-order valence-corrected chi connectivity index (χ0v) is 20.2. The van der Waals surface area contributed by atoms with Crippen LogP contribution in [-0.2, 0) is 26.6 Å². The van der Waals surface area contributed by atoms with E-state index in [0.29, 0.717) is 36.6 Å². The van der Waals surface area contributed by atoms with Crippen LogP contribution < -0.4 is 10.6 Å². The van der Waals surface area contributed by atoms with Crippen LogP contribution in [0.3, 0.4) is 0 Å². The number of ether oxygens (including phenoxy) is 1. The van der Waals surface area contributed by atoms with Gasteiger partial charge < -0.3 is 14.6 Å². The second kappa shape index (κ2) is 10.3. The van der Waals surface area contributed by atoms with E-state index in [9.17, 15) is 18.0 Å². The number of benzene rings is 1. The lowest BCUT2D eigenvalue weighted by atomic mass is 9.97. The predicted molar refractivity (Wildman–Crippen MR) is 124 cm³/mol. The van der Waals surface area contributed by atoms with Gasteiger partial charge in [-0.3, -0.25) is 10.1 Å². The number of anilines is 2. The first-order chi connectivity index (χ1) is 15.6. The maximum atomic E-state index is 12.8. The van der Waals surface area contributed by atoms with Crippen LogP contribution in [0.5, 0.6) is 0 Å². The van der Waals surface area contributed by atoms with Crippen molar-refractivity contribution in [2.24, 2.45) is 18.9 Å². The molecule has 2 heterocycles. The summed E-state index contributed by atoms with van der Waals surface area (Å²) in [6, 6.07) is 6.80. The van der Waals surface area contributed by atoms with Crippen molar-refractivity contribution in [3.05, 3.63) is 36.3 Å². The SMILES string of the molecule is Cc1nc(S(=O)(=O)N2CCC(C(=O)Nc3cccc(NC(=O)OCC(C)C)c3)CC2)cn1C. The summed E-state index contributed by atoms with van der Waals surface area (Å²) < 4.78 is 33.8. The number of amides is 2. The molecule has 1 aromatic heterocycles. The van der Waals surface area contributed by atoms with E-state index in [-0.39, 0.29) is 35.9 Å². The van der Waals surface area contributed by atoms with Gasteiger partial charge in [0.1, 0.15) is 5.82 Å². The number of imidazole rings is 1. The average molecular weight is 478 g/mol. The summed E-state index contributed by atoms with van der Waals surface area (Å²) in [4.78, 5) is 28.7. The van der Waals surface area contributed by atoms with E-state index in [2.05, 4.69) is 15.6 Å². The Morgan fingerprint density at radius 1 is 1.18 bits per heavy atom. The van der Waals surface area contributed by atoms with Gasteiger partial charge in [-0.05, 0) is 43.9 Å². The van der Waals surface area contributed by atoms with E-state index >= 15 is 0 Å². The van der Waals surface area contributed by atoms with Gasteiger partial charge in [0.2, 0.25) is 5.91 Å². The van der Waals surface area contributed by atoms with Crippen molar-refractivity contribution in [2.75, 3.05) is 30.3 Å². The average Bonchev–Trinajstić information content (AvgIpc) is 3.12. The Balaban J connectivity index is 1.54. The van der Waals surface area contributed by atoms with Gasteiger partial charge in [0.25, 0.3) is 10.0 Å². The molecule has 2 amide bonds. The molecule has 1 saturated heterocycles. The lowest BCUT2D eigenvalue weighted by Gasteiger charge is -2.30. The summed E-state index contributed by atoms with van der Waals surface area (Å²) in [5, 5.41) is 5.53. The standard InChI is InChI=1S/C22H31N5O5S/c1-15(2)14-32-22(29)25-19-7-5-6-18(12-19)24-21(28)17-8-10-27(11-9-17)33(30,31)20-13-26(4)16(3)23-20/h5-7,12-13,15,17H,8-11,14H2,1-4H3,(H,24,28)(H,25,29). The molecule has 1 aromatic carbocycles. The number of nitrogens with zero attached hydrogens (tertiary/aromatic N) is 3. The summed E-state index contributed by atoms with van der Waals surface area (Å²) in [5.41, 5.74) is 1.05. The highest BCUT2D eigenvalue weighted by atomic mass is 32.2. The first-order valence-electron chi connectivity index (χ1n) is 10.9. The zero-order valence-electron chi connectivity index (χ0n) is 19.4. The second-order valence-electron chi connectivity index (χ2n) is 8.60. The van der Waals surface area contributed by atoms with Crippen LogP contribution in [0, 0.1) is 18.8 Å². The van der Waals surface area contributed by atoms with Crippen molar-refractivity contribution >= 4 is 33.4 Å². The number of nitrogens with one attached hydrogen (secondary N) is 2. The van der Waals surface area contributed by atoms with Gasteiger partial charge in [-0.25, -0.2) is 18.2 Å². The van der Waals surface area contributed by atoms with Crippen LogP contribution in [0.25, 0.3) is 0 Å². The molecule has 0 spiro atoms. The summed E-state index contributed by atoms with van der Waals surface area (Å²) in [5.74, 6) is 0.360. The molecule has 1 aliphatic heterocycles. The number of aryl methyl sites for hydroxylation is 2. The fraction of sp³-hybridized carbons (Fsp3) is 0.500. The van der Waals surface area contributed by atoms with E-state index in [1.54, 1.807) is 42.8 Å². The van der Waals surface area contributed by atoms with Crippen molar-refractivity contribution in [2.45, 2.75) is 38.6 Å². The molecule has 2 aromatic rings. The molecule has 11 heteroatoms. The normalized spacial score (nSPS) is 15.4. The first-order valence-corrected chi connectivity index (χ1v) is 12.3. The Kier molecular flexibility index (Phi) is 7.75. The minimum Gasteiger partial charge on any atom is -0.449 e. The Labute approximate surface area is 194 Å². The molecule has 180 valence electrons. The third kappa shape index (κ3) is 6.32. The van der Waals surface area contributed by atoms with E-state index in [1.165, 1.54) is 10.5 Å². The molecule has 2 N–H and O–H groups in total. The molecule has 3 rings (SSSR count). The molecule has 0 atom stereocenters. The van der Waals surface area contributed by atoms with Gasteiger partial charge in [-0.1, -0.05) is 19.9 Å². The molecule has 1 fully saturated rings. The van der Waals surface area contributed by atoms with E-state index in [1.807, 2.05) is 13.8 Å². The lowest BCUT2D eigenvalue weighted by Crippen LogP contribution is -2.41. The highest BCUT2D eigenvalue weighted by Crippen LogP contribution is 2.25. The number of carbonyl (C=O) groups excluding carboxylic acids is 2. The minimum absolute atomic E-state index is 0.0293. The largest absolute Gasteiger partial charge is 0.449 e. The monoisotopic (exact) mass is 477 g/mol. The van der Waals surface area contributed by atoms with Crippen molar-refractivity contribution in [1.29, 1.82) is 0 Å². The number of aromatic nitrogens is 2. The summed E-state index contributed by atoms with van der Waals surface area (Å²) >= 11 is 0. The number of piperidine rings is 1. The molecular weight excluding hydrogens is 446 g/mol. The van der Waals surface area contributed by atoms with Crippen molar-refractivity contribution in [3.63, 3.8) is 0 Å². The molecule has 0 unspecified atom stereocenters. The van der Waals surface area contributed by atoms with Crippen LogP contribution in [0.1, 0.15) is 32.5 Å². The molecule has 0 bridgehead atoms. The van der Waals surface area contributed by atoms with Crippen LogP contribution in [0.2, 0.25) is 0 Å². The third-order valence-electron chi connectivity index (χ3n) is 5.44. The first kappa shape index (κ1) is 24.7. The van der Waals surface area contributed by atoms with E-state index in [4.69, 9.17) is 4.74 Å². The Morgan fingerprint density at radius 3 is 2.39 bits per heavy atom. The van der Waals surface area contributed by atoms with Crippen molar-refractivity contribution in [3.8, 4) is 0 Å². The highest BCUT2D eigenvalue weighted by Gasteiger charge is 2.33. The quantitative estimate of drug-likeness (QED) is 0.632. The Bertz CT molecular complexity index is 1080. The van der Waals surface area contributed by atoms with Crippen LogP contribution in [0.4, 0.5) is 16.2 Å². The molecular formula is C22H31N5O5S. The topological polar surface area (TPSA) is 123 Å². The van der Waals surface area contributed by atoms with Crippen molar-refractivity contribution in [1.82, 2.24) is 13.9 Å². The van der Waals surface area contributed by atoms with Crippen LogP contribution in [0.15, 0.2) is 35.5 Å². The maximum Gasteiger partial charge on any atom is 0.411 e. The van der Waals surface area contributed by atoms with Crippen molar-refractivity contribution < 1.29 is 22.7 Å². The number of sulfonamides is 1. The smallest absolute Gasteiger partial charge is 0.411 e. The molecule has 0 radical (unpaired) electrons. The molecule has 1 aliphatic rings. The summed E-state index contributed by atoms with van der Waals surface area (Å²) in [6.07, 6.45) is 1.78. The number of rotatable bonds is 7. The summed E-state index contributed by atoms with van der Waals surface area (Å²) in [7, 11) is -1.93. The Hall–Kier alpha value is -2.92. The lowest BCUT2D eigenvalue weighted by molar-refractivity contribution is -0.120. The molecule has 10 nitrogen and oxygen atoms in total. The predicted octanol–water partition coefficient (Wildman–Crippen LogP) is 2.97. The third-order valence-corrected chi connectivity index (χ3v) is 7.21. The summed E-state index contributed by atoms with van der Waals surface area (Å²) in [6.45, 7) is 6.45. The number of hydrogen-bond donors (Lipinski definition) is 2. The molecule has 0 aliphatic carbocycles. The van der Waals surface area contributed by atoms with Gasteiger partial charge >= 0.3 is 6.09 Å². The second-order valence-corrected chi connectivity index (χ2v) is 10.5. The van der Waals surface area contributed by atoms with Crippen LogP contribution >= 0.6 is 0 Å². The van der Waals surface area contributed by atoms with Gasteiger partial charge in [-0.15, -0.1) is 0 Å². The van der Waals surface area contributed by atoms with Gasteiger partial charge in [0, 0.05) is 43.6 Å². The van der Waals surface area contributed by atoms with E-state index in [0.717, 1.165) is 0 Å². The zero-order chi connectivity index (χ0) is 24.2. The number of carbonyl (C=O) groups is 2. The number of hydrogen-bond acceptors (Lipinski definition) is 6. The van der Waals surface area contributed by atoms with Crippen LogP contribution in [-0.4, -0.2) is 54.0 Å². The Morgan fingerprint density at radius 2 is 1.82 bits per heavy atom.